The maximum atomic E-state index is 14.6. The normalized spacial score (nSPS) is 19.6. The monoisotopic (exact) mass is 480 g/mol. The predicted molar refractivity (Wildman–Crippen MR) is 124 cm³/mol. The number of halogens is 3. The lowest BCUT2D eigenvalue weighted by atomic mass is 9.66. The Morgan fingerprint density at radius 1 is 1.12 bits per heavy atom. The van der Waals surface area contributed by atoms with Gasteiger partial charge in [-0.05, 0) is 49.2 Å². The van der Waals surface area contributed by atoms with Crippen LogP contribution in [0.15, 0.2) is 36.4 Å². The molecule has 6 N–H and O–H groups in total. The molecule has 3 rings (SSSR count). The molecular weight excluding hydrogens is 453 g/mol. The molecule has 0 radical (unpaired) electrons. The molecule has 0 aromatic heterocycles. The highest BCUT2D eigenvalue weighted by Crippen LogP contribution is 2.38. The predicted octanol–water partition coefficient (Wildman–Crippen LogP) is 3.58. The third-order valence-corrected chi connectivity index (χ3v) is 6.72. The molecule has 0 saturated heterocycles. The number of nitrogens with two attached hydrogens (primary N) is 1. The number of unbranched alkanes of at least 4 members (excludes halogenated alkanes) is 1. The van der Waals surface area contributed by atoms with Crippen LogP contribution < -0.4 is 11.1 Å². The maximum absolute atomic E-state index is 14.6. The average Bonchev–Trinajstić information content (AvgIpc) is 2.73. The molecule has 10 heteroatoms. The summed E-state index contributed by atoms with van der Waals surface area (Å²) < 4.78 is 29.3. The molecule has 1 aliphatic carbocycles. The van der Waals surface area contributed by atoms with Gasteiger partial charge < -0.3 is 26.2 Å². The lowest BCUT2D eigenvalue weighted by molar-refractivity contribution is -0.148. The molecule has 0 aliphatic heterocycles. The van der Waals surface area contributed by atoms with Crippen molar-refractivity contribution in [2.45, 2.75) is 56.5 Å². The summed E-state index contributed by atoms with van der Waals surface area (Å²) >= 11 is 5.85. The standard InChI is InChI=1S/C23H28BClF2N2O4/c25-17-6-3-14(4-7-17)19-8-5-15(20(26)21(19)27)13-29-18-11-16(12-18)23(28,22(30)31)9-1-2-10-24(32)33/h3-8,16,18,29,32-33H,1-2,9-13,28H2,(H,30,31)/t16?,18?,23-/m0/s1. The van der Waals surface area contributed by atoms with E-state index in [0.717, 1.165) is 0 Å². The largest absolute Gasteiger partial charge is 0.480 e. The van der Waals surface area contributed by atoms with E-state index in [4.69, 9.17) is 27.4 Å². The fourth-order valence-corrected chi connectivity index (χ4v) is 4.39. The fourth-order valence-electron chi connectivity index (χ4n) is 4.27. The van der Waals surface area contributed by atoms with Gasteiger partial charge in [-0.2, -0.15) is 0 Å². The van der Waals surface area contributed by atoms with E-state index in [1.165, 1.54) is 12.1 Å². The Balaban J connectivity index is 1.55. The molecule has 2 aromatic carbocycles. The first-order chi connectivity index (χ1) is 15.6. The second-order valence-electron chi connectivity index (χ2n) is 8.73. The van der Waals surface area contributed by atoms with Crippen molar-refractivity contribution < 1.29 is 28.7 Å². The fraction of sp³-hybridized carbons (Fsp3) is 0.435. The molecule has 1 aliphatic rings. The highest BCUT2D eigenvalue weighted by Gasteiger charge is 2.48. The number of rotatable bonds is 11. The first-order valence-corrected chi connectivity index (χ1v) is 11.3. The van der Waals surface area contributed by atoms with Gasteiger partial charge in [0.25, 0.3) is 0 Å². The average molecular weight is 481 g/mol. The number of carboxylic acid groups (broad SMARTS) is 1. The van der Waals surface area contributed by atoms with Crippen LogP contribution in [0.1, 0.15) is 37.7 Å². The minimum atomic E-state index is -1.41. The molecule has 2 aromatic rings. The number of carboxylic acids is 1. The number of nitrogens with one attached hydrogen (secondary N) is 1. The molecule has 6 nitrogen and oxygen atoms in total. The zero-order chi connectivity index (χ0) is 24.2. The van der Waals surface area contributed by atoms with Crippen molar-refractivity contribution >= 4 is 24.7 Å². The topological polar surface area (TPSA) is 116 Å². The number of hydrogen-bond acceptors (Lipinski definition) is 5. The molecule has 0 spiro atoms. The van der Waals surface area contributed by atoms with Gasteiger partial charge in [0.1, 0.15) is 5.54 Å². The molecular formula is C23H28BClF2N2O4. The van der Waals surface area contributed by atoms with E-state index in [2.05, 4.69) is 5.32 Å². The van der Waals surface area contributed by atoms with Gasteiger partial charge in [0, 0.05) is 28.7 Å². The van der Waals surface area contributed by atoms with E-state index in [1.54, 1.807) is 24.3 Å². The first-order valence-electron chi connectivity index (χ1n) is 11.0. The van der Waals surface area contributed by atoms with Crippen LogP contribution in [0.4, 0.5) is 8.78 Å². The number of hydrogen-bond donors (Lipinski definition) is 5. The van der Waals surface area contributed by atoms with E-state index in [-0.39, 0.29) is 42.4 Å². The van der Waals surface area contributed by atoms with Gasteiger partial charge in [-0.15, -0.1) is 0 Å². The maximum Gasteiger partial charge on any atom is 0.451 e. The van der Waals surface area contributed by atoms with Gasteiger partial charge in [0.2, 0.25) is 0 Å². The van der Waals surface area contributed by atoms with E-state index in [1.807, 2.05) is 0 Å². The molecule has 0 amide bonds. The van der Waals surface area contributed by atoms with Crippen LogP contribution in [0.3, 0.4) is 0 Å². The van der Waals surface area contributed by atoms with Gasteiger partial charge in [0.15, 0.2) is 11.6 Å². The molecule has 178 valence electrons. The Kier molecular flexibility index (Phi) is 8.47. The summed E-state index contributed by atoms with van der Waals surface area (Å²) in [5.41, 5.74) is 5.66. The molecule has 0 bridgehead atoms. The first kappa shape index (κ1) is 25.6. The molecule has 1 saturated carbocycles. The van der Waals surface area contributed by atoms with Crippen LogP contribution in [0.5, 0.6) is 0 Å². The Morgan fingerprint density at radius 3 is 2.39 bits per heavy atom. The minimum absolute atomic E-state index is 0.0464. The summed E-state index contributed by atoms with van der Waals surface area (Å²) in [6.07, 6.45) is 2.37. The summed E-state index contributed by atoms with van der Waals surface area (Å²) in [5, 5.41) is 31.1. The highest BCUT2D eigenvalue weighted by atomic mass is 35.5. The van der Waals surface area contributed by atoms with E-state index in [0.29, 0.717) is 36.3 Å². The second-order valence-corrected chi connectivity index (χ2v) is 9.16. The summed E-state index contributed by atoms with van der Waals surface area (Å²) in [7, 11) is -1.41. The number of aliphatic carboxylic acids is 1. The van der Waals surface area contributed by atoms with Crippen molar-refractivity contribution in [3.05, 3.63) is 58.6 Å². The SMILES string of the molecule is N[C@](CCCCB(O)O)(C(=O)O)C1CC(NCc2ccc(-c3ccc(Cl)cc3)c(F)c2F)C1. The Labute approximate surface area is 196 Å². The Morgan fingerprint density at radius 2 is 1.79 bits per heavy atom. The lowest BCUT2D eigenvalue weighted by Crippen LogP contribution is -2.61. The summed E-state index contributed by atoms with van der Waals surface area (Å²) in [4.78, 5) is 11.8. The minimum Gasteiger partial charge on any atom is -0.480 e. The van der Waals surface area contributed by atoms with Crippen LogP contribution in [0, 0.1) is 17.6 Å². The Hall–Kier alpha value is -2.04. The Bertz CT molecular complexity index is 974. The van der Waals surface area contributed by atoms with Gasteiger partial charge >= 0.3 is 13.1 Å². The third kappa shape index (κ3) is 6.10. The van der Waals surface area contributed by atoms with Crippen molar-refractivity contribution in [3.8, 4) is 11.1 Å². The van der Waals surface area contributed by atoms with Gasteiger partial charge in [-0.1, -0.05) is 48.7 Å². The molecule has 1 atom stereocenters. The van der Waals surface area contributed by atoms with Crippen molar-refractivity contribution in [1.82, 2.24) is 5.32 Å². The number of carbonyl (C=O) groups is 1. The summed E-state index contributed by atoms with van der Waals surface area (Å²) in [5.74, 6) is -3.18. The second kappa shape index (κ2) is 10.9. The summed E-state index contributed by atoms with van der Waals surface area (Å²) in [6.45, 7) is 0.111. The summed E-state index contributed by atoms with van der Waals surface area (Å²) in [6, 6.07) is 9.49. The zero-order valence-corrected chi connectivity index (χ0v) is 18.9. The van der Waals surface area contributed by atoms with Gasteiger partial charge in [-0.3, -0.25) is 4.79 Å². The van der Waals surface area contributed by atoms with Crippen molar-refractivity contribution in [2.75, 3.05) is 0 Å². The van der Waals surface area contributed by atoms with Crippen LogP contribution >= 0.6 is 11.6 Å². The van der Waals surface area contributed by atoms with Crippen LogP contribution in [0.2, 0.25) is 11.3 Å². The number of benzene rings is 2. The lowest BCUT2D eigenvalue weighted by Gasteiger charge is -2.45. The van der Waals surface area contributed by atoms with E-state index < -0.39 is 30.3 Å². The van der Waals surface area contributed by atoms with Crippen molar-refractivity contribution in [3.63, 3.8) is 0 Å². The van der Waals surface area contributed by atoms with E-state index in [9.17, 15) is 18.7 Å². The van der Waals surface area contributed by atoms with Crippen LogP contribution in [-0.2, 0) is 11.3 Å². The quantitative estimate of drug-likeness (QED) is 0.248. The van der Waals surface area contributed by atoms with Crippen molar-refractivity contribution in [2.24, 2.45) is 11.7 Å². The smallest absolute Gasteiger partial charge is 0.451 e. The third-order valence-electron chi connectivity index (χ3n) is 6.47. The molecule has 33 heavy (non-hydrogen) atoms. The van der Waals surface area contributed by atoms with Crippen LogP contribution in [-0.4, -0.2) is 39.8 Å². The zero-order valence-electron chi connectivity index (χ0n) is 18.1. The van der Waals surface area contributed by atoms with Crippen molar-refractivity contribution in [1.29, 1.82) is 0 Å². The van der Waals surface area contributed by atoms with Gasteiger partial charge in [0.05, 0.1) is 0 Å². The van der Waals surface area contributed by atoms with Crippen LogP contribution in [0.25, 0.3) is 11.1 Å². The molecule has 1 fully saturated rings. The molecule has 0 unspecified atom stereocenters. The highest BCUT2D eigenvalue weighted by molar-refractivity contribution is 6.40. The van der Waals surface area contributed by atoms with Gasteiger partial charge in [-0.25, -0.2) is 8.78 Å². The molecule has 0 heterocycles. The van der Waals surface area contributed by atoms with E-state index >= 15 is 0 Å².